The normalized spacial score (nSPS) is 19.8. The Morgan fingerprint density at radius 2 is 1.94 bits per heavy atom. The van der Waals surface area contributed by atoms with Gasteiger partial charge in [0.1, 0.15) is 23.6 Å². The highest BCUT2D eigenvalue weighted by Gasteiger charge is 2.25. The summed E-state index contributed by atoms with van der Waals surface area (Å²) in [7, 11) is 2.18. The summed E-state index contributed by atoms with van der Waals surface area (Å²) in [6, 6.07) is 10.8. The van der Waals surface area contributed by atoms with Crippen molar-refractivity contribution in [3.63, 3.8) is 0 Å². The molecule has 0 radical (unpaired) electrons. The van der Waals surface area contributed by atoms with Gasteiger partial charge in [-0.3, -0.25) is 5.01 Å². The second kappa shape index (κ2) is 9.82. The molecule has 5 heterocycles. The maximum atomic E-state index is 9.81. The van der Waals surface area contributed by atoms with Crippen molar-refractivity contribution < 1.29 is 9.47 Å². The molecule has 3 aliphatic rings. The van der Waals surface area contributed by atoms with Gasteiger partial charge in [0.05, 0.1) is 24.5 Å². The molecule has 3 aliphatic heterocycles. The van der Waals surface area contributed by atoms with Crippen LogP contribution in [0.3, 0.4) is 0 Å². The fraction of sp³-hybridized carbons (Fsp3) is 0.407. The number of piperidine rings is 1. The van der Waals surface area contributed by atoms with Crippen LogP contribution in [-0.2, 0) is 4.74 Å². The van der Waals surface area contributed by atoms with Gasteiger partial charge in [-0.15, -0.1) is 5.53 Å². The molecule has 0 aliphatic carbocycles. The van der Waals surface area contributed by atoms with E-state index in [0.29, 0.717) is 30.6 Å². The van der Waals surface area contributed by atoms with Gasteiger partial charge in [-0.2, -0.15) is 5.26 Å². The number of hydrogen-bond donors (Lipinski definition) is 3. The Kier molecular flexibility index (Phi) is 6.23. The number of likely N-dealkylation sites (tertiary alicyclic amines) is 1. The summed E-state index contributed by atoms with van der Waals surface area (Å²) in [4.78, 5) is 10.3. The van der Waals surface area contributed by atoms with E-state index in [1.807, 2.05) is 30.6 Å². The molecule has 6 rings (SSSR count). The second-order valence-corrected chi connectivity index (χ2v) is 9.80. The zero-order valence-corrected chi connectivity index (χ0v) is 20.5. The third kappa shape index (κ3) is 4.51. The van der Waals surface area contributed by atoms with Crippen LogP contribution in [0.5, 0.6) is 5.75 Å². The summed E-state index contributed by atoms with van der Waals surface area (Å²) in [5.74, 6) is 0.632. The largest absolute Gasteiger partial charge is 0.489 e. The van der Waals surface area contributed by atoms with E-state index in [-0.39, 0.29) is 6.10 Å². The van der Waals surface area contributed by atoms with Crippen molar-refractivity contribution in [2.24, 2.45) is 0 Å². The number of benzene rings is 1. The van der Waals surface area contributed by atoms with E-state index < -0.39 is 0 Å². The molecule has 0 bridgehead atoms. The van der Waals surface area contributed by atoms with Crippen LogP contribution < -0.4 is 15.7 Å². The predicted molar refractivity (Wildman–Crippen MR) is 137 cm³/mol. The minimum Gasteiger partial charge on any atom is -0.489 e. The van der Waals surface area contributed by atoms with Gasteiger partial charge >= 0.3 is 0 Å². The molecular formula is C27H31N7O2. The third-order valence-corrected chi connectivity index (χ3v) is 7.38. The van der Waals surface area contributed by atoms with E-state index in [1.54, 1.807) is 0 Å². The minimum atomic E-state index is 0.0893. The van der Waals surface area contributed by atoms with Gasteiger partial charge in [0.25, 0.3) is 0 Å². The SMILES string of the molecule is CN1CCC(N2C=C(c3cnc4[nH]cc(-c5ccc(OC6CCOCC6)c(C#N)c5)c4c3)NN2)CC1. The van der Waals surface area contributed by atoms with Crippen LogP contribution in [0.2, 0.25) is 0 Å². The number of ether oxygens (including phenoxy) is 2. The molecule has 3 N–H and O–H groups in total. The standard InChI is InChI=1S/C27H31N7O2/c1-33-8-4-21(5-9-33)34-17-25(31-32-34)20-13-23-24(16-30-27(23)29-15-20)18-2-3-26(19(12-18)14-28)36-22-6-10-35-11-7-22/h2-3,12-13,15-17,21-22,31-32H,4-11H2,1H3,(H,29,30). The van der Waals surface area contributed by atoms with Crippen molar-refractivity contribution in [3.8, 4) is 22.9 Å². The number of aromatic nitrogens is 2. The molecule has 0 amide bonds. The van der Waals surface area contributed by atoms with Crippen LogP contribution >= 0.6 is 0 Å². The molecule has 9 heteroatoms. The van der Waals surface area contributed by atoms with Gasteiger partial charge < -0.3 is 24.8 Å². The van der Waals surface area contributed by atoms with Crippen molar-refractivity contribution in [3.05, 3.63) is 54.0 Å². The number of H-pyrrole nitrogens is 1. The zero-order chi connectivity index (χ0) is 24.5. The fourth-order valence-corrected chi connectivity index (χ4v) is 5.20. The number of fused-ring (bicyclic) bond motifs is 1. The Balaban J connectivity index is 1.26. The summed E-state index contributed by atoms with van der Waals surface area (Å²) >= 11 is 0. The first kappa shape index (κ1) is 22.9. The average molecular weight is 486 g/mol. The van der Waals surface area contributed by atoms with Crippen molar-refractivity contribution in [2.45, 2.75) is 37.8 Å². The van der Waals surface area contributed by atoms with Crippen LogP contribution in [0.25, 0.3) is 27.9 Å². The number of aromatic amines is 1. The van der Waals surface area contributed by atoms with Crippen LogP contribution in [0, 0.1) is 11.3 Å². The first-order chi connectivity index (χ1) is 17.7. The number of nitriles is 1. The summed E-state index contributed by atoms with van der Waals surface area (Å²) in [5, 5.41) is 13.0. The fourth-order valence-electron chi connectivity index (χ4n) is 5.20. The van der Waals surface area contributed by atoms with Gasteiger partial charge in [-0.05, 0) is 56.7 Å². The molecule has 0 atom stereocenters. The molecule has 9 nitrogen and oxygen atoms in total. The van der Waals surface area contributed by atoms with Crippen LogP contribution in [-0.4, -0.2) is 65.4 Å². The van der Waals surface area contributed by atoms with Gasteiger partial charge in [0.15, 0.2) is 0 Å². The lowest BCUT2D eigenvalue weighted by molar-refractivity contribution is 0.0254. The van der Waals surface area contributed by atoms with Crippen molar-refractivity contribution >= 4 is 16.7 Å². The van der Waals surface area contributed by atoms with Gasteiger partial charge in [0.2, 0.25) is 0 Å². The van der Waals surface area contributed by atoms with Crippen molar-refractivity contribution in [2.75, 3.05) is 33.4 Å². The third-order valence-electron chi connectivity index (χ3n) is 7.38. The van der Waals surface area contributed by atoms with E-state index in [1.165, 1.54) is 0 Å². The predicted octanol–water partition coefficient (Wildman–Crippen LogP) is 3.38. The van der Waals surface area contributed by atoms with E-state index in [9.17, 15) is 5.26 Å². The highest BCUT2D eigenvalue weighted by molar-refractivity contribution is 5.95. The van der Waals surface area contributed by atoms with Crippen molar-refractivity contribution in [1.82, 2.24) is 30.8 Å². The van der Waals surface area contributed by atoms with E-state index >= 15 is 0 Å². The minimum absolute atomic E-state index is 0.0893. The maximum Gasteiger partial charge on any atom is 0.137 e. The number of rotatable bonds is 5. The van der Waals surface area contributed by atoms with E-state index in [4.69, 9.17) is 9.47 Å². The molecule has 2 fully saturated rings. The lowest BCUT2D eigenvalue weighted by Gasteiger charge is -2.34. The Morgan fingerprint density at radius 1 is 1.11 bits per heavy atom. The highest BCUT2D eigenvalue weighted by Crippen LogP contribution is 2.33. The summed E-state index contributed by atoms with van der Waals surface area (Å²) < 4.78 is 11.6. The van der Waals surface area contributed by atoms with E-state index in [0.717, 1.165) is 72.2 Å². The number of nitrogens with zero attached hydrogens (tertiary/aromatic N) is 4. The lowest BCUT2D eigenvalue weighted by Crippen LogP contribution is -2.47. The Bertz CT molecular complexity index is 1310. The van der Waals surface area contributed by atoms with Gasteiger partial charge in [0, 0.05) is 54.0 Å². The zero-order valence-electron chi connectivity index (χ0n) is 20.5. The molecule has 186 valence electrons. The van der Waals surface area contributed by atoms with E-state index in [2.05, 4.69) is 56.2 Å². The molecule has 3 aromatic rings. The monoisotopic (exact) mass is 485 g/mol. The van der Waals surface area contributed by atoms with Crippen LogP contribution in [0.1, 0.15) is 36.8 Å². The second-order valence-electron chi connectivity index (χ2n) is 9.80. The Labute approximate surface area is 210 Å². The van der Waals surface area contributed by atoms with Gasteiger partial charge in [-0.25, -0.2) is 4.98 Å². The molecule has 0 saturated carbocycles. The average Bonchev–Trinajstić information content (AvgIpc) is 3.57. The molecule has 2 aromatic heterocycles. The molecule has 36 heavy (non-hydrogen) atoms. The van der Waals surface area contributed by atoms with Crippen LogP contribution in [0.4, 0.5) is 0 Å². The summed E-state index contributed by atoms with van der Waals surface area (Å²) in [6.45, 7) is 3.61. The number of hydrazine groups is 2. The molecule has 1 aromatic carbocycles. The van der Waals surface area contributed by atoms with Gasteiger partial charge in [-0.1, -0.05) is 6.07 Å². The lowest BCUT2D eigenvalue weighted by atomic mass is 10.0. The first-order valence-corrected chi connectivity index (χ1v) is 12.6. The summed E-state index contributed by atoms with van der Waals surface area (Å²) in [6.07, 6.45) is 10.0. The molecule has 2 saturated heterocycles. The molecular weight excluding hydrogens is 454 g/mol. The topological polar surface area (TPSA) is 101 Å². The smallest absolute Gasteiger partial charge is 0.137 e. The summed E-state index contributed by atoms with van der Waals surface area (Å²) in [5.41, 5.74) is 11.9. The number of hydrogen-bond acceptors (Lipinski definition) is 8. The first-order valence-electron chi connectivity index (χ1n) is 12.6. The Hall–Kier alpha value is -3.58. The molecule has 0 unspecified atom stereocenters. The quantitative estimate of drug-likeness (QED) is 0.506. The van der Waals surface area contributed by atoms with Crippen LogP contribution in [0.15, 0.2) is 42.9 Å². The van der Waals surface area contributed by atoms with Crippen molar-refractivity contribution in [1.29, 1.82) is 5.26 Å². The molecule has 0 spiro atoms. The maximum absolute atomic E-state index is 9.81. The Morgan fingerprint density at radius 3 is 2.75 bits per heavy atom. The number of pyridine rings is 1. The highest BCUT2D eigenvalue weighted by atomic mass is 16.5. The number of nitrogens with one attached hydrogen (secondary N) is 3.